The van der Waals surface area contributed by atoms with Gasteiger partial charge in [0.15, 0.2) is 5.13 Å². The SMILES string of the molecule is CNC1CCCc2sc(N(C)CC3(N(C)C)CCC3)nc21. The minimum absolute atomic E-state index is 0.364. The zero-order valence-electron chi connectivity index (χ0n) is 13.8. The van der Waals surface area contributed by atoms with E-state index < -0.39 is 0 Å². The molecule has 2 aliphatic carbocycles. The number of likely N-dealkylation sites (N-methyl/N-ethyl adjacent to an activating group) is 2. The van der Waals surface area contributed by atoms with Gasteiger partial charge in [-0.05, 0) is 59.7 Å². The van der Waals surface area contributed by atoms with Gasteiger partial charge in [-0.2, -0.15) is 0 Å². The Labute approximate surface area is 132 Å². The Morgan fingerprint density at radius 1 is 1.29 bits per heavy atom. The van der Waals surface area contributed by atoms with Gasteiger partial charge in [-0.25, -0.2) is 4.98 Å². The van der Waals surface area contributed by atoms with Crippen LogP contribution in [0.3, 0.4) is 0 Å². The molecule has 0 amide bonds. The van der Waals surface area contributed by atoms with Gasteiger partial charge in [-0.1, -0.05) is 0 Å². The molecule has 0 bridgehead atoms. The molecule has 0 radical (unpaired) electrons. The summed E-state index contributed by atoms with van der Waals surface area (Å²) in [7, 11) is 8.70. The number of anilines is 1. The van der Waals surface area contributed by atoms with Crippen LogP contribution in [0.25, 0.3) is 0 Å². The molecule has 0 aliphatic heterocycles. The van der Waals surface area contributed by atoms with Crippen molar-refractivity contribution in [1.82, 2.24) is 15.2 Å². The third-order valence-corrected chi connectivity index (χ3v) is 6.63. The first kappa shape index (κ1) is 15.3. The second-order valence-electron chi connectivity index (χ2n) is 6.87. The van der Waals surface area contributed by atoms with Crippen molar-refractivity contribution in [3.63, 3.8) is 0 Å². The lowest BCUT2D eigenvalue weighted by atomic mass is 9.75. The molecule has 0 spiro atoms. The standard InChI is InChI=1S/C16H28N4S/c1-17-12-7-5-8-13-14(12)18-15(21-13)20(4)11-16(19(2)3)9-6-10-16/h12,17H,5-11H2,1-4H3. The Kier molecular flexibility index (Phi) is 4.26. The summed E-state index contributed by atoms with van der Waals surface area (Å²) in [6.07, 6.45) is 7.70. The van der Waals surface area contributed by atoms with E-state index >= 15 is 0 Å². The van der Waals surface area contributed by atoms with Crippen molar-refractivity contribution in [2.24, 2.45) is 0 Å². The zero-order chi connectivity index (χ0) is 15.0. The average Bonchev–Trinajstić information content (AvgIpc) is 2.85. The first-order chi connectivity index (χ1) is 10.1. The average molecular weight is 308 g/mol. The van der Waals surface area contributed by atoms with Crippen molar-refractivity contribution in [2.45, 2.75) is 50.1 Å². The van der Waals surface area contributed by atoms with Gasteiger partial charge in [-0.3, -0.25) is 0 Å². The molecule has 2 aliphatic rings. The van der Waals surface area contributed by atoms with E-state index in [9.17, 15) is 0 Å². The number of aryl methyl sites for hydroxylation is 1. The number of aromatic nitrogens is 1. The first-order valence-electron chi connectivity index (χ1n) is 8.11. The second-order valence-corrected chi connectivity index (χ2v) is 7.93. The van der Waals surface area contributed by atoms with Crippen LogP contribution in [0.5, 0.6) is 0 Å². The lowest BCUT2D eigenvalue weighted by Gasteiger charge is -2.49. The van der Waals surface area contributed by atoms with E-state index in [0.717, 1.165) is 6.54 Å². The van der Waals surface area contributed by atoms with Gasteiger partial charge in [0, 0.05) is 24.0 Å². The van der Waals surface area contributed by atoms with Crippen LogP contribution in [0.4, 0.5) is 5.13 Å². The van der Waals surface area contributed by atoms with E-state index in [1.807, 2.05) is 11.3 Å². The molecule has 1 unspecified atom stereocenters. The van der Waals surface area contributed by atoms with Crippen molar-refractivity contribution in [1.29, 1.82) is 0 Å². The predicted molar refractivity (Wildman–Crippen MR) is 90.4 cm³/mol. The first-order valence-corrected chi connectivity index (χ1v) is 8.93. The minimum Gasteiger partial charge on any atom is -0.349 e. The fourth-order valence-electron chi connectivity index (χ4n) is 3.69. The maximum atomic E-state index is 4.97. The fourth-order valence-corrected chi connectivity index (χ4v) is 4.81. The largest absolute Gasteiger partial charge is 0.349 e. The van der Waals surface area contributed by atoms with Gasteiger partial charge in [0.1, 0.15) is 0 Å². The van der Waals surface area contributed by atoms with E-state index in [-0.39, 0.29) is 0 Å². The zero-order valence-corrected chi connectivity index (χ0v) is 14.6. The second kappa shape index (κ2) is 5.86. The van der Waals surface area contributed by atoms with Crippen LogP contribution >= 0.6 is 11.3 Å². The van der Waals surface area contributed by atoms with E-state index in [1.54, 1.807) is 0 Å². The monoisotopic (exact) mass is 308 g/mol. The highest BCUT2D eigenvalue weighted by molar-refractivity contribution is 7.15. The van der Waals surface area contributed by atoms with Crippen LogP contribution in [-0.2, 0) is 6.42 Å². The Bertz CT molecular complexity index is 492. The quantitative estimate of drug-likeness (QED) is 0.906. The molecule has 1 fully saturated rings. The summed E-state index contributed by atoms with van der Waals surface area (Å²) in [5.74, 6) is 0. The van der Waals surface area contributed by atoms with Crippen molar-refractivity contribution in [3.8, 4) is 0 Å². The summed E-state index contributed by atoms with van der Waals surface area (Å²) in [6.45, 7) is 1.09. The number of nitrogens with one attached hydrogen (secondary N) is 1. The van der Waals surface area contributed by atoms with Gasteiger partial charge in [-0.15, -0.1) is 11.3 Å². The van der Waals surface area contributed by atoms with Crippen molar-refractivity contribution >= 4 is 16.5 Å². The lowest BCUT2D eigenvalue weighted by molar-refractivity contribution is 0.0683. The number of fused-ring (bicyclic) bond motifs is 1. The van der Waals surface area contributed by atoms with Crippen LogP contribution in [0.1, 0.15) is 48.7 Å². The molecule has 1 saturated carbocycles. The molecule has 0 saturated heterocycles. The molecule has 3 rings (SSSR count). The van der Waals surface area contributed by atoms with Gasteiger partial charge < -0.3 is 15.1 Å². The molecule has 4 nitrogen and oxygen atoms in total. The Morgan fingerprint density at radius 2 is 2.05 bits per heavy atom. The van der Waals surface area contributed by atoms with Crippen molar-refractivity contribution in [3.05, 3.63) is 10.6 Å². The Morgan fingerprint density at radius 3 is 2.62 bits per heavy atom. The third kappa shape index (κ3) is 2.71. The van der Waals surface area contributed by atoms with Gasteiger partial charge in [0.05, 0.1) is 11.7 Å². The summed E-state index contributed by atoms with van der Waals surface area (Å²) in [6, 6.07) is 0.457. The number of rotatable bonds is 5. The molecule has 1 aromatic heterocycles. The van der Waals surface area contributed by atoms with E-state index in [4.69, 9.17) is 4.98 Å². The maximum absolute atomic E-state index is 4.97. The molecule has 0 aromatic carbocycles. The highest BCUT2D eigenvalue weighted by atomic mass is 32.1. The molecular weight excluding hydrogens is 280 g/mol. The highest BCUT2D eigenvalue weighted by Crippen LogP contribution is 2.40. The minimum atomic E-state index is 0.364. The summed E-state index contributed by atoms with van der Waals surface area (Å²) < 4.78 is 0. The number of hydrogen-bond donors (Lipinski definition) is 1. The molecule has 5 heteroatoms. The third-order valence-electron chi connectivity index (χ3n) is 5.38. The van der Waals surface area contributed by atoms with Crippen LogP contribution in [0, 0.1) is 0 Å². The summed E-state index contributed by atoms with van der Waals surface area (Å²) in [4.78, 5) is 11.3. The Hall–Kier alpha value is -0.650. The van der Waals surface area contributed by atoms with Crippen molar-refractivity contribution < 1.29 is 0 Å². The highest BCUT2D eigenvalue weighted by Gasteiger charge is 2.40. The van der Waals surface area contributed by atoms with Gasteiger partial charge in [0.25, 0.3) is 0 Å². The summed E-state index contributed by atoms with van der Waals surface area (Å²) in [5.41, 5.74) is 1.67. The predicted octanol–water partition coefficient (Wildman–Crippen LogP) is 2.66. The molecule has 1 heterocycles. The molecule has 1 atom stereocenters. The van der Waals surface area contributed by atoms with Crippen molar-refractivity contribution in [2.75, 3.05) is 39.6 Å². The van der Waals surface area contributed by atoms with Crippen LogP contribution < -0.4 is 10.2 Å². The van der Waals surface area contributed by atoms with Crippen LogP contribution in [-0.4, -0.2) is 50.2 Å². The molecule has 118 valence electrons. The van der Waals surface area contributed by atoms with E-state index in [2.05, 4.69) is 43.3 Å². The normalized spacial score (nSPS) is 23.8. The summed E-state index contributed by atoms with van der Waals surface area (Å²) in [5, 5.41) is 4.62. The molecular formula is C16H28N4S. The van der Waals surface area contributed by atoms with Gasteiger partial charge in [0.2, 0.25) is 0 Å². The number of hydrogen-bond acceptors (Lipinski definition) is 5. The summed E-state index contributed by atoms with van der Waals surface area (Å²) >= 11 is 1.91. The lowest BCUT2D eigenvalue weighted by Crippen LogP contribution is -2.56. The van der Waals surface area contributed by atoms with Crippen LogP contribution in [0.15, 0.2) is 0 Å². The van der Waals surface area contributed by atoms with Gasteiger partial charge >= 0.3 is 0 Å². The molecule has 1 aromatic rings. The molecule has 1 N–H and O–H groups in total. The number of thiazole rings is 1. The van der Waals surface area contributed by atoms with E-state index in [1.165, 1.54) is 54.2 Å². The topological polar surface area (TPSA) is 31.4 Å². The Balaban J connectivity index is 1.76. The molecule has 21 heavy (non-hydrogen) atoms. The van der Waals surface area contributed by atoms with E-state index in [0.29, 0.717) is 11.6 Å². The van der Waals surface area contributed by atoms with Crippen LogP contribution in [0.2, 0.25) is 0 Å². The fraction of sp³-hybridized carbons (Fsp3) is 0.812. The maximum Gasteiger partial charge on any atom is 0.185 e. The smallest absolute Gasteiger partial charge is 0.185 e. The number of nitrogens with zero attached hydrogens (tertiary/aromatic N) is 3.